The molecule has 2 nitrogen and oxygen atoms in total. The second kappa shape index (κ2) is 9.00. The summed E-state index contributed by atoms with van der Waals surface area (Å²) in [5.74, 6) is 1.32. The molecule has 1 atom stereocenters. The molecular weight excluding hydrogens is 450 g/mol. The quantitative estimate of drug-likeness (QED) is 0.356. The minimum absolute atomic E-state index is 0.0781. The smallest absolute Gasteiger partial charge is 0.213 e. The molecule has 0 bridgehead atoms. The number of benzene rings is 2. The Balaban J connectivity index is 1.44. The van der Waals surface area contributed by atoms with Crippen LogP contribution in [0.2, 0.25) is 0 Å². The number of ether oxygens (including phenoxy) is 1. The molecule has 3 aliphatic carbocycles. The lowest BCUT2D eigenvalue weighted by Gasteiger charge is -2.34. The van der Waals surface area contributed by atoms with Gasteiger partial charge in [0.2, 0.25) is 5.88 Å². The van der Waals surface area contributed by atoms with E-state index in [9.17, 15) is 0 Å². The van der Waals surface area contributed by atoms with Crippen LogP contribution in [0.5, 0.6) is 5.88 Å². The fourth-order valence-corrected chi connectivity index (χ4v) is 8.12. The van der Waals surface area contributed by atoms with Crippen molar-refractivity contribution in [3.8, 4) is 17.0 Å². The van der Waals surface area contributed by atoms with Crippen LogP contribution < -0.4 is 4.74 Å². The first-order chi connectivity index (χ1) is 17.7. The zero-order valence-corrected chi connectivity index (χ0v) is 23.8. The number of nitrogens with zero attached hydrogens (tertiary/aromatic N) is 1. The number of fused-ring (bicyclic) bond motifs is 3. The Labute approximate surface area is 223 Å². The van der Waals surface area contributed by atoms with Crippen LogP contribution in [0.4, 0.5) is 0 Å². The fourth-order valence-electron chi connectivity index (χ4n) is 8.12. The predicted octanol–water partition coefficient (Wildman–Crippen LogP) is 8.43. The van der Waals surface area contributed by atoms with Crippen LogP contribution in [-0.2, 0) is 42.9 Å². The molecule has 0 aliphatic heterocycles. The minimum Gasteiger partial charge on any atom is -0.481 e. The van der Waals surface area contributed by atoms with E-state index in [1.54, 1.807) is 51.6 Å². The van der Waals surface area contributed by atoms with Gasteiger partial charge in [-0.1, -0.05) is 52.8 Å². The minimum atomic E-state index is 0.0781. The predicted molar refractivity (Wildman–Crippen MR) is 154 cm³/mol. The molecule has 0 radical (unpaired) electrons. The number of aryl methyl sites for hydroxylation is 2. The lowest BCUT2D eigenvalue weighted by Crippen LogP contribution is -2.24. The van der Waals surface area contributed by atoms with Crippen molar-refractivity contribution in [1.29, 1.82) is 0 Å². The van der Waals surface area contributed by atoms with Gasteiger partial charge in [0.05, 0.1) is 7.11 Å². The maximum absolute atomic E-state index is 5.51. The Hall–Kier alpha value is -2.61. The second-order valence-corrected chi connectivity index (χ2v) is 13.5. The Morgan fingerprint density at radius 2 is 1.54 bits per heavy atom. The molecule has 0 spiro atoms. The SMILES string of the molecule is COc1cc(-c2ccc3c(c2C(C)(C)CC2CCc4c2cc2c(c4C(C)(C)C)CCC2)CCC3)ccn1. The molecule has 194 valence electrons. The summed E-state index contributed by atoms with van der Waals surface area (Å²) in [6, 6.07) is 11.7. The molecule has 3 aromatic rings. The van der Waals surface area contributed by atoms with Crippen LogP contribution in [0.3, 0.4) is 0 Å². The van der Waals surface area contributed by atoms with Crippen molar-refractivity contribution in [1.82, 2.24) is 4.98 Å². The molecule has 0 fully saturated rings. The molecular formula is C35H43NO. The molecule has 1 unspecified atom stereocenters. The monoisotopic (exact) mass is 493 g/mol. The van der Waals surface area contributed by atoms with Gasteiger partial charge in [-0.25, -0.2) is 4.98 Å². The van der Waals surface area contributed by atoms with Gasteiger partial charge in [0, 0.05) is 12.3 Å². The van der Waals surface area contributed by atoms with Crippen LogP contribution >= 0.6 is 0 Å². The third-order valence-electron chi connectivity index (χ3n) is 9.45. The average molecular weight is 494 g/mol. The van der Waals surface area contributed by atoms with Gasteiger partial charge in [0.25, 0.3) is 0 Å². The highest BCUT2D eigenvalue weighted by Crippen LogP contribution is 2.50. The van der Waals surface area contributed by atoms with Crippen molar-refractivity contribution in [2.24, 2.45) is 0 Å². The van der Waals surface area contributed by atoms with E-state index in [4.69, 9.17) is 4.74 Å². The molecule has 0 saturated carbocycles. The largest absolute Gasteiger partial charge is 0.481 e. The van der Waals surface area contributed by atoms with Gasteiger partial charge in [-0.15, -0.1) is 0 Å². The Morgan fingerprint density at radius 3 is 2.27 bits per heavy atom. The maximum atomic E-state index is 5.51. The van der Waals surface area contributed by atoms with E-state index in [0.717, 1.165) is 0 Å². The molecule has 1 aromatic heterocycles. The van der Waals surface area contributed by atoms with Crippen LogP contribution in [-0.4, -0.2) is 12.1 Å². The number of rotatable bonds is 5. The molecule has 0 amide bonds. The molecule has 0 N–H and O–H groups in total. The zero-order valence-electron chi connectivity index (χ0n) is 23.8. The van der Waals surface area contributed by atoms with Gasteiger partial charge in [-0.2, -0.15) is 0 Å². The molecule has 1 heterocycles. The van der Waals surface area contributed by atoms with E-state index >= 15 is 0 Å². The number of hydrogen-bond donors (Lipinski definition) is 0. The van der Waals surface area contributed by atoms with Gasteiger partial charge in [-0.05, 0) is 136 Å². The van der Waals surface area contributed by atoms with E-state index in [0.29, 0.717) is 11.8 Å². The van der Waals surface area contributed by atoms with Crippen molar-refractivity contribution in [3.63, 3.8) is 0 Å². The van der Waals surface area contributed by atoms with Crippen LogP contribution in [0.25, 0.3) is 11.1 Å². The first-order valence-electron chi connectivity index (χ1n) is 14.5. The summed E-state index contributed by atoms with van der Waals surface area (Å²) >= 11 is 0. The van der Waals surface area contributed by atoms with E-state index in [2.05, 4.69) is 69.9 Å². The van der Waals surface area contributed by atoms with E-state index in [1.807, 2.05) is 6.20 Å². The van der Waals surface area contributed by atoms with Gasteiger partial charge >= 0.3 is 0 Å². The van der Waals surface area contributed by atoms with Crippen molar-refractivity contribution in [3.05, 3.63) is 81.0 Å². The summed E-state index contributed by atoms with van der Waals surface area (Å²) in [5, 5.41) is 0. The highest BCUT2D eigenvalue weighted by molar-refractivity contribution is 5.72. The molecule has 37 heavy (non-hydrogen) atoms. The van der Waals surface area contributed by atoms with Gasteiger partial charge in [-0.3, -0.25) is 0 Å². The highest BCUT2D eigenvalue weighted by atomic mass is 16.5. The van der Waals surface area contributed by atoms with Gasteiger partial charge < -0.3 is 4.74 Å². The molecule has 0 saturated heterocycles. The first kappa shape index (κ1) is 24.7. The normalized spacial score (nSPS) is 18.6. The standard InChI is InChI=1S/C35H43NO/c1-34(2,3)32-27-12-8-10-23(27)19-30-25(14-16-29(30)32)21-35(4,5)33-26-11-7-9-22(26)13-15-28(33)24-17-18-36-31(20-24)37-6/h13,15,17-20,25H,7-12,14,16,21H2,1-6H3. The van der Waals surface area contributed by atoms with Crippen LogP contribution in [0.1, 0.15) is 111 Å². The maximum Gasteiger partial charge on any atom is 0.213 e. The van der Waals surface area contributed by atoms with Gasteiger partial charge in [0.1, 0.15) is 0 Å². The summed E-state index contributed by atoms with van der Waals surface area (Å²) in [6.45, 7) is 12.3. The van der Waals surface area contributed by atoms with E-state index < -0.39 is 0 Å². The molecule has 6 rings (SSSR count). The average Bonchev–Trinajstić information content (AvgIpc) is 3.61. The topological polar surface area (TPSA) is 22.1 Å². The third-order valence-corrected chi connectivity index (χ3v) is 9.45. The van der Waals surface area contributed by atoms with Crippen LogP contribution in [0.15, 0.2) is 36.5 Å². The van der Waals surface area contributed by atoms with E-state index in [-0.39, 0.29) is 10.8 Å². The summed E-state index contributed by atoms with van der Waals surface area (Å²) in [7, 11) is 1.71. The zero-order chi connectivity index (χ0) is 25.9. The third kappa shape index (κ3) is 4.21. The van der Waals surface area contributed by atoms with E-state index in [1.165, 1.54) is 68.9 Å². The molecule has 2 aromatic carbocycles. The van der Waals surface area contributed by atoms with Crippen LogP contribution in [0, 0.1) is 0 Å². The number of hydrogen-bond acceptors (Lipinski definition) is 2. The van der Waals surface area contributed by atoms with Crippen molar-refractivity contribution in [2.45, 2.75) is 109 Å². The molecule has 2 heteroatoms. The lowest BCUT2D eigenvalue weighted by molar-refractivity contribution is 0.398. The number of aromatic nitrogens is 1. The highest BCUT2D eigenvalue weighted by Gasteiger charge is 2.38. The van der Waals surface area contributed by atoms with Crippen molar-refractivity contribution < 1.29 is 4.74 Å². The summed E-state index contributed by atoms with van der Waals surface area (Å²) in [5.41, 5.74) is 16.1. The van der Waals surface area contributed by atoms with Crippen molar-refractivity contribution in [2.75, 3.05) is 7.11 Å². The lowest BCUT2D eigenvalue weighted by atomic mass is 9.70. The molecule has 3 aliphatic rings. The summed E-state index contributed by atoms with van der Waals surface area (Å²) < 4.78 is 5.51. The Bertz CT molecular complexity index is 1360. The summed E-state index contributed by atoms with van der Waals surface area (Å²) in [6.07, 6.45) is 13.2. The Morgan fingerprint density at radius 1 is 0.811 bits per heavy atom. The van der Waals surface area contributed by atoms with Crippen molar-refractivity contribution >= 4 is 0 Å². The second-order valence-electron chi connectivity index (χ2n) is 13.5. The van der Waals surface area contributed by atoms with Gasteiger partial charge in [0.15, 0.2) is 0 Å². The first-order valence-corrected chi connectivity index (χ1v) is 14.5. The Kier molecular flexibility index (Phi) is 6.01. The fraction of sp³-hybridized carbons (Fsp3) is 0.514. The number of pyridine rings is 1. The number of methoxy groups -OCH3 is 1. The summed E-state index contributed by atoms with van der Waals surface area (Å²) in [4.78, 5) is 4.39.